The Morgan fingerprint density at radius 1 is 1.36 bits per heavy atom. The molecule has 0 aromatic carbocycles. The summed E-state index contributed by atoms with van der Waals surface area (Å²) in [5.41, 5.74) is -0.849. The fourth-order valence-corrected chi connectivity index (χ4v) is 2.38. The van der Waals surface area contributed by atoms with Gasteiger partial charge in [0.2, 0.25) is 0 Å². The Balaban J connectivity index is 1.88. The lowest BCUT2D eigenvalue weighted by Gasteiger charge is -2.31. The van der Waals surface area contributed by atoms with E-state index in [-0.39, 0.29) is 6.61 Å². The van der Waals surface area contributed by atoms with Crippen LogP contribution in [0.1, 0.15) is 19.3 Å². The fraction of sp³-hybridized carbons (Fsp3) is 1.00. The van der Waals surface area contributed by atoms with Crippen LogP contribution in [0, 0.1) is 0 Å². The van der Waals surface area contributed by atoms with Crippen molar-refractivity contribution in [2.75, 3.05) is 32.9 Å². The Morgan fingerprint density at radius 2 is 2.07 bits per heavy atom. The molecular formula is C10H19NO3. The van der Waals surface area contributed by atoms with Crippen molar-refractivity contribution in [2.24, 2.45) is 0 Å². The molecule has 0 aliphatic carbocycles. The second-order valence-electron chi connectivity index (χ2n) is 4.45. The van der Waals surface area contributed by atoms with Gasteiger partial charge in [0.05, 0.1) is 6.61 Å². The van der Waals surface area contributed by atoms with Crippen molar-refractivity contribution in [3.05, 3.63) is 0 Å². The van der Waals surface area contributed by atoms with Crippen LogP contribution in [0.25, 0.3) is 0 Å². The first-order valence-corrected chi connectivity index (χ1v) is 5.38. The smallest absolute Gasteiger partial charge is 0.102 e. The Labute approximate surface area is 84.5 Å². The Hall–Kier alpha value is -0.160. The van der Waals surface area contributed by atoms with Crippen LogP contribution in [0.3, 0.4) is 0 Å². The average Bonchev–Trinajstić information content (AvgIpc) is 2.63. The van der Waals surface area contributed by atoms with E-state index in [1.165, 1.54) is 0 Å². The van der Waals surface area contributed by atoms with Crippen molar-refractivity contribution in [2.45, 2.75) is 30.9 Å². The van der Waals surface area contributed by atoms with Gasteiger partial charge >= 0.3 is 0 Å². The molecule has 2 rings (SSSR count). The third-order valence-electron chi connectivity index (χ3n) is 3.36. The van der Waals surface area contributed by atoms with Crippen LogP contribution < -0.4 is 0 Å². The predicted molar refractivity (Wildman–Crippen MR) is 52.1 cm³/mol. The molecule has 0 aromatic heterocycles. The summed E-state index contributed by atoms with van der Waals surface area (Å²) >= 11 is 0. The molecule has 82 valence electrons. The minimum atomic E-state index is -0.849. The van der Waals surface area contributed by atoms with E-state index in [0.717, 1.165) is 32.6 Å². The van der Waals surface area contributed by atoms with Crippen molar-refractivity contribution in [3.63, 3.8) is 0 Å². The van der Waals surface area contributed by atoms with E-state index in [1.807, 2.05) is 0 Å². The molecule has 0 saturated carbocycles. The Kier molecular flexibility index (Phi) is 3.07. The Bertz CT molecular complexity index is 194. The third kappa shape index (κ3) is 2.08. The molecule has 14 heavy (non-hydrogen) atoms. The van der Waals surface area contributed by atoms with Gasteiger partial charge in [0.1, 0.15) is 5.60 Å². The van der Waals surface area contributed by atoms with E-state index in [0.29, 0.717) is 19.0 Å². The number of nitrogens with zero attached hydrogens (tertiary/aromatic N) is 1. The molecule has 4 nitrogen and oxygen atoms in total. The van der Waals surface area contributed by atoms with Crippen molar-refractivity contribution in [1.29, 1.82) is 0 Å². The number of ether oxygens (including phenoxy) is 1. The predicted octanol–water partition coefficient (Wildman–Crippen LogP) is -0.406. The molecule has 1 atom stereocenters. The van der Waals surface area contributed by atoms with Crippen LogP contribution in [-0.2, 0) is 4.74 Å². The SMILES string of the molecule is OCC1(O)CCN(C2CCOCC2)C1. The van der Waals surface area contributed by atoms with Crippen molar-refractivity contribution < 1.29 is 14.9 Å². The lowest BCUT2D eigenvalue weighted by Crippen LogP contribution is -2.42. The van der Waals surface area contributed by atoms with Crippen LogP contribution in [0.5, 0.6) is 0 Å². The first-order chi connectivity index (χ1) is 6.73. The van der Waals surface area contributed by atoms with Gasteiger partial charge in [0.25, 0.3) is 0 Å². The minimum absolute atomic E-state index is 0.118. The average molecular weight is 201 g/mol. The molecule has 2 saturated heterocycles. The lowest BCUT2D eigenvalue weighted by molar-refractivity contribution is -0.0170. The molecular weight excluding hydrogens is 182 g/mol. The zero-order valence-corrected chi connectivity index (χ0v) is 8.48. The summed E-state index contributed by atoms with van der Waals surface area (Å²) in [6, 6.07) is 0.546. The third-order valence-corrected chi connectivity index (χ3v) is 3.36. The van der Waals surface area contributed by atoms with Gasteiger partial charge in [0, 0.05) is 32.3 Å². The number of aliphatic hydroxyl groups excluding tert-OH is 1. The van der Waals surface area contributed by atoms with Crippen LogP contribution in [-0.4, -0.2) is 59.7 Å². The van der Waals surface area contributed by atoms with E-state index < -0.39 is 5.60 Å². The summed E-state index contributed by atoms with van der Waals surface area (Å²) in [4.78, 5) is 2.29. The van der Waals surface area contributed by atoms with E-state index in [9.17, 15) is 5.11 Å². The number of aliphatic hydroxyl groups is 2. The van der Waals surface area contributed by atoms with Crippen molar-refractivity contribution in [1.82, 2.24) is 4.90 Å². The van der Waals surface area contributed by atoms with Gasteiger partial charge in [-0.25, -0.2) is 0 Å². The maximum absolute atomic E-state index is 9.88. The summed E-state index contributed by atoms with van der Waals surface area (Å²) in [7, 11) is 0. The number of hydrogen-bond acceptors (Lipinski definition) is 4. The Morgan fingerprint density at radius 3 is 2.64 bits per heavy atom. The molecule has 1 unspecified atom stereocenters. The number of hydrogen-bond donors (Lipinski definition) is 2. The minimum Gasteiger partial charge on any atom is -0.393 e. The van der Waals surface area contributed by atoms with Crippen LogP contribution in [0.15, 0.2) is 0 Å². The maximum atomic E-state index is 9.88. The number of β-amino-alcohol motifs (C(OH)–C–C–N with tert-alkyl or cyclic N) is 1. The normalized spacial score (nSPS) is 36.4. The van der Waals surface area contributed by atoms with E-state index in [1.54, 1.807) is 0 Å². The van der Waals surface area contributed by atoms with Crippen LogP contribution >= 0.6 is 0 Å². The van der Waals surface area contributed by atoms with Gasteiger partial charge in [-0.05, 0) is 19.3 Å². The molecule has 2 fully saturated rings. The van der Waals surface area contributed by atoms with Gasteiger partial charge < -0.3 is 14.9 Å². The van der Waals surface area contributed by atoms with Crippen molar-refractivity contribution in [3.8, 4) is 0 Å². The van der Waals surface area contributed by atoms with Gasteiger partial charge in [0.15, 0.2) is 0 Å². The van der Waals surface area contributed by atoms with Gasteiger partial charge in [-0.2, -0.15) is 0 Å². The zero-order valence-electron chi connectivity index (χ0n) is 8.48. The number of rotatable bonds is 2. The largest absolute Gasteiger partial charge is 0.393 e. The monoisotopic (exact) mass is 201 g/mol. The molecule has 0 spiro atoms. The van der Waals surface area contributed by atoms with Gasteiger partial charge in [-0.3, -0.25) is 4.90 Å². The highest BCUT2D eigenvalue weighted by Crippen LogP contribution is 2.26. The molecule has 2 aliphatic heterocycles. The van der Waals surface area contributed by atoms with Gasteiger partial charge in [-0.1, -0.05) is 0 Å². The zero-order chi connectivity index (χ0) is 10.0. The highest BCUT2D eigenvalue weighted by atomic mass is 16.5. The lowest BCUT2D eigenvalue weighted by atomic mass is 10.1. The molecule has 2 aliphatic rings. The summed E-state index contributed by atoms with van der Waals surface area (Å²) in [5.74, 6) is 0. The second-order valence-corrected chi connectivity index (χ2v) is 4.45. The van der Waals surface area contributed by atoms with Crippen LogP contribution in [0.4, 0.5) is 0 Å². The summed E-state index contributed by atoms with van der Waals surface area (Å²) in [5, 5.41) is 18.9. The molecule has 2 N–H and O–H groups in total. The molecule has 0 bridgehead atoms. The summed E-state index contributed by atoms with van der Waals surface area (Å²) < 4.78 is 5.30. The van der Waals surface area contributed by atoms with E-state index in [2.05, 4.69) is 4.90 Å². The molecule has 4 heteroatoms. The molecule has 0 radical (unpaired) electrons. The molecule has 2 heterocycles. The fourth-order valence-electron chi connectivity index (χ4n) is 2.38. The highest BCUT2D eigenvalue weighted by molar-refractivity contribution is 4.92. The number of likely N-dealkylation sites (tertiary alicyclic amines) is 1. The molecule has 0 amide bonds. The first-order valence-electron chi connectivity index (χ1n) is 5.38. The van der Waals surface area contributed by atoms with E-state index in [4.69, 9.17) is 9.84 Å². The first kappa shape index (κ1) is 10.4. The van der Waals surface area contributed by atoms with Crippen LogP contribution in [0.2, 0.25) is 0 Å². The second kappa shape index (κ2) is 4.14. The highest BCUT2D eigenvalue weighted by Gasteiger charge is 2.38. The van der Waals surface area contributed by atoms with Gasteiger partial charge in [-0.15, -0.1) is 0 Å². The quantitative estimate of drug-likeness (QED) is 0.638. The van der Waals surface area contributed by atoms with E-state index >= 15 is 0 Å². The molecule has 0 aromatic rings. The topological polar surface area (TPSA) is 52.9 Å². The standard InChI is InChI=1S/C10H19NO3/c12-8-10(13)3-4-11(7-10)9-1-5-14-6-2-9/h9,12-13H,1-8H2. The van der Waals surface area contributed by atoms with Crippen molar-refractivity contribution >= 4 is 0 Å². The summed E-state index contributed by atoms with van der Waals surface area (Å²) in [6.45, 7) is 3.07. The maximum Gasteiger partial charge on any atom is 0.102 e. The summed E-state index contributed by atoms with van der Waals surface area (Å²) in [6.07, 6.45) is 2.81.